The molecule has 3 aliphatic rings. The molecule has 2 N–H and O–H groups in total. The summed E-state index contributed by atoms with van der Waals surface area (Å²) < 4.78 is 47.9. The average Bonchev–Trinajstić information content (AvgIpc) is 3.65. The summed E-state index contributed by atoms with van der Waals surface area (Å²) in [5, 5.41) is 17.3. The number of ether oxygens (including phenoxy) is 1. The molecule has 4 aromatic rings. The van der Waals surface area contributed by atoms with Crippen molar-refractivity contribution in [2.24, 2.45) is 0 Å². The quantitative estimate of drug-likeness (QED) is 0.306. The Balaban J connectivity index is 1.27. The first kappa shape index (κ1) is 31.3. The Morgan fingerprint density at radius 2 is 2.04 bits per heavy atom. The number of nitrogens with zero attached hydrogens (tertiary/aromatic N) is 6. The molecule has 1 aliphatic carbocycles. The number of likely N-dealkylation sites (tertiary alicyclic amines) is 1. The predicted octanol–water partition coefficient (Wildman–Crippen LogP) is 4.59. The standard InChI is InChI=1S/C32H31ClF3N7O4/c33-21-15-20(32(34,35)36)4-5-22(21)38-26(45)17-42-24-6-10-31(9-2-12-41(18-31)16-23-25(44)3-1-11-37-23)27(24)29(46)43-30(42)39-28(40-43)19-7-13-47-14-8-19/h1,3-5,7,11,15,44H,2,6,8-10,12-14,16-18H2,(H,38,45)/t31-/m0/s1. The molecule has 0 unspecified atom stereocenters. The van der Waals surface area contributed by atoms with E-state index in [9.17, 15) is 27.9 Å². The van der Waals surface area contributed by atoms with Gasteiger partial charge < -0.3 is 19.7 Å². The summed E-state index contributed by atoms with van der Waals surface area (Å²) in [4.78, 5) is 39.1. The second-order valence-electron chi connectivity index (χ2n) is 12.2. The van der Waals surface area contributed by atoms with Crippen molar-refractivity contribution in [1.29, 1.82) is 0 Å². The molecular formula is C32H31ClF3N7O4. The normalized spacial score (nSPS) is 20.0. The summed E-state index contributed by atoms with van der Waals surface area (Å²) in [7, 11) is 0. The molecule has 1 atom stereocenters. The van der Waals surface area contributed by atoms with Gasteiger partial charge in [-0.15, -0.1) is 5.10 Å². The zero-order chi connectivity index (χ0) is 32.9. The molecule has 5 heterocycles. The van der Waals surface area contributed by atoms with Crippen molar-refractivity contribution in [3.05, 3.63) is 86.3 Å². The van der Waals surface area contributed by atoms with Gasteiger partial charge in [0.05, 0.1) is 35.2 Å². The Labute approximate surface area is 271 Å². The van der Waals surface area contributed by atoms with Crippen LogP contribution in [0.5, 0.6) is 5.75 Å². The summed E-state index contributed by atoms with van der Waals surface area (Å²) in [5.74, 6) is 0.137. The first-order chi connectivity index (χ1) is 22.5. The fourth-order valence-electron chi connectivity index (χ4n) is 7.07. The average molecular weight is 670 g/mol. The number of carbonyl (C=O) groups is 1. The highest BCUT2D eigenvalue weighted by Gasteiger charge is 2.46. The Morgan fingerprint density at radius 1 is 1.19 bits per heavy atom. The van der Waals surface area contributed by atoms with Gasteiger partial charge in [-0.3, -0.25) is 19.5 Å². The fourth-order valence-corrected chi connectivity index (χ4v) is 7.30. The molecular weight excluding hydrogens is 639 g/mol. The van der Waals surface area contributed by atoms with E-state index in [1.165, 1.54) is 4.52 Å². The third-order valence-corrected chi connectivity index (χ3v) is 9.55. The van der Waals surface area contributed by atoms with Crippen molar-refractivity contribution < 1.29 is 27.8 Å². The lowest BCUT2D eigenvalue weighted by atomic mass is 9.75. The molecule has 3 aromatic heterocycles. The van der Waals surface area contributed by atoms with Crippen LogP contribution >= 0.6 is 11.6 Å². The molecule has 2 aliphatic heterocycles. The number of benzene rings is 1. The molecule has 15 heteroatoms. The number of aromatic hydroxyl groups is 1. The van der Waals surface area contributed by atoms with E-state index in [-0.39, 0.29) is 34.3 Å². The summed E-state index contributed by atoms with van der Waals surface area (Å²) in [6, 6.07) is 6.00. The van der Waals surface area contributed by atoms with E-state index >= 15 is 0 Å². The minimum atomic E-state index is -4.58. The first-order valence-corrected chi connectivity index (χ1v) is 15.7. The number of rotatable bonds is 6. The molecule has 0 radical (unpaired) electrons. The van der Waals surface area contributed by atoms with Gasteiger partial charge in [0.25, 0.3) is 5.56 Å². The van der Waals surface area contributed by atoms with Gasteiger partial charge in [-0.2, -0.15) is 22.7 Å². The molecule has 1 spiro atoms. The minimum Gasteiger partial charge on any atom is -0.506 e. The van der Waals surface area contributed by atoms with Gasteiger partial charge in [0.2, 0.25) is 11.7 Å². The number of anilines is 1. The maximum absolute atomic E-state index is 14.3. The van der Waals surface area contributed by atoms with Crippen LogP contribution in [-0.4, -0.2) is 66.4 Å². The summed E-state index contributed by atoms with van der Waals surface area (Å²) in [5.41, 5.74) is 0.942. The molecule has 11 nitrogen and oxygen atoms in total. The molecule has 246 valence electrons. The summed E-state index contributed by atoms with van der Waals surface area (Å²) in [6.07, 6.45) is 2.23. The van der Waals surface area contributed by atoms with Gasteiger partial charge in [0, 0.05) is 36.0 Å². The van der Waals surface area contributed by atoms with E-state index < -0.39 is 23.1 Å². The third-order valence-electron chi connectivity index (χ3n) is 9.24. The van der Waals surface area contributed by atoms with Crippen LogP contribution in [-0.2, 0) is 40.6 Å². The molecule has 1 fully saturated rings. The number of aromatic nitrogens is 5. The largest absolute Gasteiger partial charge is 0.506 e. The van der Waals surface area contributed by atoms with E-state index in [2.05, 4.69) is 20.3 Å². The van der Waals surface area contributed by atoms with Gasteiger partial charge in [-0.05, 0) is 74.6 Å². The molecule has 1 amide bonds. The second kappa shape index (κ2) is 12.1. The van der Waals surface area contributed by atoms with Crippen molar-refractivity contribution in [3.8, 4) is 5.75 Å². The van der Waals surface area contributed by atoms with E-state index in [0.717, 1.165) is 43.2 Å². The van der Waals surface area contributed by atoms with E-state index in [4.69, 9.17) is 21.3 Å². The Morgan fingerprint density at radius 3 is 2.79 bits per heavy atom. The highest BCUT2D eigenvalue weighted by molar-refractivity contribution is 6.33. The highest BCUT2D eigenvalue weighted by atomic mass is 35.5. The maximum Gasteiger partial charge on any atom is 0.416 e. The van der Waals surface area contributed by atoms with Crippen molar-refractivity contribution in [1.82, 2.24) is 29.0 Å². The fraction of sp³-hybridized carbons (Fsp3) is 0.406. The third kappa shape index (κ3) is 5.89. The molecule has 0 saturated carbocycles. The zero-order valence-electron chi connectivity index (χ0n) is 25.2. The Kier molecular flexibility index (Phi) is 8.05. The molecule has 0 bridgehead atoms. The number of fused-ring (bicyclic) bond motifs is 3. The number of hydrogen-bond acceptors (Lipinski definition) is 8. The van der Waals surface area contributed by atoms with Gasteiger partial charge in [0.15, 0.2) is 5.82 Å². The SMILES string of the molecule is O=C(Cn1c2c(c(=O)n3nc(C4=CCOCC4)nc13)[C@@]1(CCCN(Cc3ncccc3O)C1)CC2)Nc1ccc(C(F)(F)F)cc1Cl. The summed E-state index contributed by atoms with van der Waals surface area (Å²) in [6.45, 7) is 2.35. The number of amides is 1. The van der Waals surface area contributed by atoms with Crippen LogP contribution in [0, 0.1) is 0 Å². The number of carbonyl (C=O) groups excluding carboxylic acids is 1. The molecule has 1 saturated heterocycles. The van der Waals surface area contributed by atoms with Crippen LogP contribution in [0.3, 0.4) is 0 Å². The number of halogens is 4. The minimum absolute atomic E-state index is 0.0325. The number of alkyl halides is 3. The zero-order valence-corrected chi connectivity index (χ0v) is 25.9. The van der Waals surface area contributed by atoms with Crippen molar-refractivity contribution >= 4 is 34.5 Å². The lowest BCUT2D eigenvalue weighted by molar-refractivity contribution is -0.137. The topological polar surface area (TPSA) is 127 Å². The first-order valence-electron chi connectivity index (χ1n) is 15.3. The predicted molar refractivity (Wildman–Crippen MR) is 166 cm³/mol. The molecule has 7 rings (SSSR count). The monoisotopic (exact) mass is 669 g/mol. The van der Waals surface area contributed by atoms with E-state index in [1.54, 1.807) is 22.9 Å². The number of pyridine rings is 1. The van der Waals surface area contributed by atoms with Crippen molar-refractivity contribution in [3.63, 3.8) is 0 Å². The summed E-state index contributed by atoms with van der Waals surface area (Å²) >= 11 is 6.13. The molecule has 1 aromatic carbocycles. The number of hydrogen-bond donors (Lipinski definition) is 2. The van der Waals surface area contributed by atoms with Crippen LogP contribution < -0.4 is 10.9 Å². The van der Waals surface area contributed by atoms with Gasteiger partial charge in [0.1, 0.15) is 12.3 Å². The van der Waals surface area contributed by atoms with Crippen molar-refractivity contribution in [2.75, 3.05) is 31.6 Å². The van der Waals surface area contributed by atoms with Crippen molar-refractivity contribution in [2.45, 2.75) is 56.8 Å². The Bertz CT molecular complexity index is 1970. The van der Waals surface area contributed by atoms with Crippen LogP contribution in [0.2, 0.25) is 5.02 Å². The van der Waals surface area contributed by atoms with Crippen LogP contribution in [0.15, 0.2) is 47.4 Å². The lowest BCUT2D eigenvalue weighted by Gasteiger charge is -2.40. The van der Waals surface area contributed by atoms with Crippen LogP contribution in [0.25, 0.3) is 11.4 Å². The Hall–Kier alpha value is -4.27. The second-order valence-corrected chi connectivity index (χ2v) is 12.6. The number of piperidine rings is 1. The smallest absolute Gasteiger partial charge is 0.416 e. The van der Waals surface area contributed by atoms with Gasteiger partial charge in [-0.25, -0.2) is 0 Å². The lowest BCUT2D eigenvalue weighted by Crippen LogP contribution is -2.47. The highest BCUT2D eigenvalue weighted by Crippen LogP contribution is 2.44. The van der Waals surface area contributed by atoms with Crippen LogP contribution in [0.1, 0.15) is 54.0 Å². The maximum atomic E-state index is 14.3. The number of nitrogens with one attached hydrogen (secondary N) is 1. The van der Waals surface area contributed by atoms with Gasteiger partial charge in [-0.1, -0.05) is 17.7 Å². The molecule has 47 heavy (non-hydrogen) atoms. The van der Waals surface area contributed by atoms with E-state index in [0.29, 0.717) is 68.3 Å². The van der Waals surface area contributed by atoms with E-state index in [1.807, 2.05) is 6.08 Å². The van der Waals surface area contributed by atoms with Crippen LogP contribution in [0.4, 0.5) is 18.9 Å². The van der Waals surface area contributed by atoms with Gasteiger partial charge >= 0.3 is 6.18 Å².